The molecule has 0 aromatic heterocycles. The van der Waals surface area contributed by atoms with Gasteiger partial charge in [0.25, 0.3) is 0 Å². The second-order valence-electron chi connectivity index (χ2n) is 5.27. The Morgan fingerprint density at radius 3 is 2.38 bits per heavy atom. The van der Waals surface area contributed by atoms with Gasteiger partial charge in [-0.15, -0.1) is 11.8 Å². The molecule has 0 aliphatic rings. The van der Waals surface area contributed by atoms with E-state index in [1.807, 2.05) is 49.3 Å². The van der Waals surface area contributed by atoms with E-state index in [1.54, 1.807) is 18.2 Å². The first kappa shape index (κ1) is 17.9. The summed E-state index contributed by atoms with van der Waals surface area (Å²) in [6.45, 7) is 0. The van der Waals surface area contributed by atoms with Crippen molar-refractivity contribution in [2.75, 3.05) is 37.2 Å². The van der Waals surface area contributed by atoms with Crippen molar-refractivity contribution < 1.29 is 14.3 Å². The second kappa shape index (κ2) is 8.40. The lowest BCUT2D eigenvalue weighted by Gasteiger charge is -2.13. The van der Waals surface area contributed by atoms with Crippen LogP contribution in [0, 0.1) is 0 Å². The number of rotatable bonds is 6. The first-order chi connectivity index (χ1) is 11.5. The van der Waals surface area contributed by atoms with Gasteiger partial charge in [0.1, 0.15) is 0 Å². The summed E-state index contributed by atoms with van der Waals surface area (Å²) in [5.74, 6) is -0.321. The van der Waals surface area contributed by atoms with Gasteiger partial charge in [-0.25, -0.2) is 4.79 Å². The molecule has 6 heteroatoms. The molecule has 0 atom stereocenters. The summed E-state index contributed by atoms with van der Waals surface area (Å²) in [4.78, 5) is 26.5. The highest BCUT2D eigenvalue weighted by Gasteiger charge is 2.13. The van der Waals surface area contributed by atoms with Crippen molar-refractivity contribution in [2.24, 2.45) is 0 Å². The SMILES string of the molecule is COC(=O)c1ccccc1SCC(=O)Nc1ccc(N(C)C)cc1. The fraction of sp³-hybridized carbons (Fsp3) is 0.222. The van der Waals surface area contributed by atoms with Crippen molar-refractivity contribution in [3.05, 3.63) is 54.1 Å². The third-order valence-electron chi connectivity index (χ3n) is 3.32. The van der Waals surface area contributed by atoms with E-state index in [9.17, 15) is 9.59 Å². The van der Waals surface area contributed by atoms with E-state index in [0.717, 1.165) is 16.3 Å². The molecule has 0 spiro atoms. The molecule has 2 rings (SSSR count). The molecule has 0 saturated carbocycles. The summed E-state index contributed by atoms with van der Waals surface area (Å²) in [5.41, 5.74) is 2.27. The van der Waals surface area contributed by atoms with Crippen LogP contribution in [0.15, 0.2) is 53.4 Å². The van der Waals surface area contributed by atoms with Crippen LogP contribution in [0.3, 0.4) is 0 Å². The summed E-state index contributed by atoms with van der Waals surface area (Å²) in [7, 11) is 5.26. The van der Waals surface area contributed by atoms with Gasteiger partial charge in [-0.1, -0.05) is 12.1 Å². The van der Waals surface area contributed by atoms with Crippen LogP contribution in [0.1, 0.15) is 10.4 Å². The number of anilines is 2. The number of methoxy groups -OCH3 is 1. The molecule has 0 heterocycles. The summed E-state index contributed by atoms with van der Waals surface area (Å²) in [6.07, 6.45) is 0. The van der Waals surface area contributed by atoms with E-state index in [0.29, 0.717) is 5.56 Å². The van der Waals surface area contributed by atoms with Gasteiger partial charge in [0.2, 0.25) is 5.91 Å². The maximum atomic E-state index is 12.1. The Labute approximate surface area is 146 Å². The number of ether oxygens (including phenoxy) is 1. The van der Waals surface area contributed by atoms with Crippen molar-refractivity contribution in [3.8, 4) is 0 Å². The van der Waals surface area contributed by atoms with Crippen LogP contribution in [0.2, 0.25) is 0 Å². The van der Waals surface area contributed by atoms with E-state index in [-0.39, 0.29) is 11.7 Å². The third-order valence-corrected chi connectivity index (χ3v) is 4.39. The van der Waals surface area contributed by atoms with Gasteiger partial charge in [0, 0.05) is 30.4 Å². The Hall–Kier alpha value is -2.47. The Kier molecular flexibility index (Phi) is 6.26. The van der Waals surface area contributed by atoms with Crippen LogP contribution < -0.4 is 10.2 Å². The minimum absolute atomic E-state index is 0.128. The molecular formula is C18H20N2O3S. The zero-order valence-corrected chi connectivity index (χ0v) is 14.7. The zero-order valence-electron chi connectivity index (χ0n) is 13.9. The number of nitrogens with one attached hydrogen (secondary N) is 1. The maximum Gasteiger partial charge on any atom is 0.338 e. The average molecular weight is 344 g/mol. The van der Waals surface area contributed by atoms with Crippen molar-refractivity contribution >= 4 is 35.0 Å². The fourth-order valence-electron chi connectivity index (χ4n) is 2.05. The van der Waals surface area contributed by atoms with Gasteiger partial charge in [-0.05, 0) is 36.4 Å². The smallest absolute Gasteiger partial charge is 0.338 e. The predicted molar refractivity (Wildman–Crippen MR) is 97.9 cm³/mol. The highest BCUT2D eigenvalue weighted by molar-refractivity contribution is 8.00. The second-order valence-corrected chi connectivity index (χ2v) is 6.28. The van der Waals surface area contributed by atoms with E-state index in [2.05, 4.69) is 5.32 Å². The summed E-state index contributed by atoms with van der Waals surface area (Å²) in [6, 6.07) is 14.7. The van der Waals surface area contributed by atoms with Gasteiger partial charge in [0.15, 0.2) is 0 Å². The van der Waals surface area contributed by atoms with Crippen molar-refractivity contribution in [2.45, 2.75) is 4.90 Å². The number of thioether (sulfide) groups is 1. The van der Waals surface area contributed by atoms with E-state index < -0.39 is 5.97 Å². The van der Waals surface area contributed by atoms with Crippen LogP contribution in [0.25, 0.3) is 0 Å². The Morgan fingerprint density at radius 1 is 1.08 bits per heavy atom. The minimum atomic E-state index is -0.405. The lowest BCUT2D eigenvalue weighted by atomic mass is 10.2. The Morgan fingerprint density at radius 2 is 1.75 bits per heavy atom. The highest BCUT2D eigenvalue weighted by atomic mass is 32.2. The maximum absolute atomic E-state index is 12.1. The molecule has 5 nitrogen and oxygen atoms in total. The van der Waals surface area contributed by atoms with E-state index in [4.69, 9.17) is 4.74 Å². The fourth-order valence-corrected chi connectivity index (χ4v) is 2.89. The topological polar surface area (TPSA) is 58.6 Å². The van der Waals surface area contributed by atoms with Crippen LogP contribution in [-0.2, 0) is 9.53 Å². The molecule has 1 amide bonds. The van der Waals surface area contributed by atoms with Crippen LogP contribution in [0.5, 0.6) is 0 Å². The number of hydrogen-bond donors (Lipinski definition) is 1. The van der Waals surface area contributed by atoms with Crippen molar-refractivity contribution in [1.29, 1.82) is 0 Å². The van der Waals surface area contributed by atoms with Crippen LogP contribution >= 0.6 is 11.8 Å². The molecule has 0 fully saturated rings. The van der Waals surface area contributed by atoms with Gasteiger partial charge in [-0.3, -0.25) is 4.79 Å². The summed E-state index contributed by atoms with van der Waals surface area (Å²) < 4.78 is 4.75. The monoisotopic (exact) mass is 344 g/mol. The van der Waals surface area contributed by atoms with Crippen molar-refractivity contribution in [3.63, 3.8) is 0 Å². The first-order valence-electron chi connectivity index (χ1n) is 7.38. The Balaban J connectivity index is 1.95. The van der Waals surface area contributed by atoms with Crippen LogP contribution in [0.4, 0.5) is 11.4 Å². The molecule has 0 bridgehead atoms. The normalized spacial score (nSPS) is 10.1. The highest BCUT2D eigenvalue weighted by Crippen LogP contribution is 2.23. The van der Waals surface area contributed by atoms with Gasteiger partial charge in [0.05, 0.1) is 18.4 Å². The van der Waals surface area contributed by atoms with Gasteiger partial charge in [-0.2, -0.15) is 0 Å². The molecule has 0 radical (unpaired) electrons. The zero-order chi connectivity index (χ0) is 17.5. The summed E-state index contributed by atoms with van der Waals surface area (Å²) >= 11 is 1.31. The number of esters is 1. The lowest BCUT2D eigenvalue weighted by Crippen LogP contribution is -2.15. The van der Waals surface area contributed by atoms with E-state index >= 15 is 0 Å². The predicted octanol–water partition coefficient (Wildman–Crippen LogP) is 3.27. The standard InChI is InChI=1S/C18H20N2O3S/c1-20(2)14-10-8-13(9-11-14)19-17(21)12-24-16-7-5-4-6-15(16)18(22)23-3/h4-11H,12H2,1-3H3,(H,19,21). The molecule has 2 aromatic rings. The molecule has 126 valence electrons. The minimum Gasteiger partial charge on any atom is -0.465 e. The third kappa shape index (κ3) is 4.76. The number of amides is 1. The number of nitrogens with zero attached hydrogens (tertiary/aromatic N) is 1. The summed E-state index contributed by atoms with van der Waals surface area (Å²) in [5, 5.41) is 2.85. The lowest BCUT2D eigenvalue weighted by molar-refractivity contribution is -0.113. The quantitative estimate of drug-likeness (QED) is 0.644. The number of carbonyl (C=O) groups excluding carboxylic acids is 2. The van der Waals surface area contributed by atoms with Gasteiger partial charge >= 0.3 is 5.97 Å². The van der Waals surface area contributed by atoms with Crippen molar-refractivity contribution in [1.82, 2.24) is 0 Å². The number of benzene rings is 2. The number of hydrogen-bond acceptors (Lipinski definition) is 5. The molecule has 1 N–H and O–H groups in total. The molecule has 24 heavy (non-hydrogen) atoms. The Bertz CT molecular complexity index is 714. The molecular weight excluding hydrogens is 324 g/mol. The number of carbonyl (C=O) groups is 2. The van der Waals surface area contributed by atoms with Crippen LogP contribution in [-0.4, -0.2) is 38.8 Å². The van der Waals surface area contributed by atoms with Gasteiger partial charge < -0.3 is 15.0 Å². The average Bonchev–Trinajstić information content (AvgIpc) is 2.60. The molecule has 0 aliphatic carbocycles. The molecule has 2 aromatic carbocycles. The largest absolute Gasteiger partial charge is 0.465 e. The van der Waals surface area contributed by atoms with E-state index in [1.165, 1.54) is 18.9 Å². The molecule has 0 saturated heterocycles. The first-order valence-corrected chi connectivity index (χ1v) is 8.37. The molecule has 0 unspecified atom stereocenters. The molecule has 0 aliphatic heterocycles.